The van der Waals surface area contributed by atoms with Gasteiger partial charge in [0.05, 0.1) is 6.61 Å². The number of nitrogens with zero attached hydrogens (tertiary/aromatic N) is 1. The topological polar surface area (TPSA) is 162 Å². The predicted molar refractivity (Wildman–Crippen MR) is 82.6 cm³/mol. The van der Waals surface area contributed by atoms with E-state index in [9.17, 15) is 19.2 Å². The maximum Gasteiger partial charge on any atom is 0.325 e. The van der Waals surface area contributed by atoms with Gasteiger partial charge in [0.15, 0.2) is 0 Å². The van der Waals surface area contributed by atoms with E-state index in [4.69, 9.17) is 15.9 Å². The Labute approximate surface area is 139 Å². The molecule has 4 atom stereocenters. The van der Waals surface area contributed by atoms with Gasteiger partial charge in [-0.1, -0.05) is 0 Å². The number of amides is 3. The van der Waals surface area contributed by atoms with Crippen molar-refractivity contribution < 1.29 is 29.4 Å². The molecule has 1 heterocycles. The highest BCUT2D eigenvalue weighted by Gasteiger charge is 2.36. The molecule has 1 aliphatic rings. The molecule has 3 amide bonds. The van der Waals surface area contributed by atoms with Crippen LogP contribution >= 0.6 is 0 Å². The third kappa shape index (κ3) is 4.90. The molecule has 6 N–H and O–H groups in total. The summed E-state index contributed by atoms with van der Waals surface area (Å²) in [4.78, 5) is 48.2. The van der Waals surface area contributed by atoms with Gasteiger partial charge in [0.25, 0.3) is 0 Å². The van der Waals surface area contributed by atoms with Crippen molar-refractivity contribution in [3.8, 4) is 0 Å². The van der Waals surface area contributed by atoms with E-state index in [1.165, 1.54) is 18.7 Å². The number of aliphatic hydroxyl groups excluding tert-OH is 1. The summed E-state index contributed by atoms with van der Waals surface area (Å²) in [6.45, 7) is 2.56. The summed E-state index contributed by atoms with van der Waals surface area (Å²) in [5, 5.41) is 22.4. The summed E-state index contributed by atoms with van der Waals surface area (Å²) in [7, 11) is 0. The van der Waals surface area contributed by atoms with Crippen molar-refractivity contribution in [3.63, 3.8) is 0 Å². The average Bonchev–Trinajstić information content (AvgIpc) is 3.02. The van der Waals surface area contributed by atoms with Crippen LogP contribution < -0.4 is 16.4 Å². The lowest BCUT2D eigenvalue weighted by molar-refractivity contribution is -0.142. The number of carboxylic acid groups (broad SMARTS) is 1. The molecule has 1 aliphatic heterocycles. The smallest absolute Gasteiger partial charge is 0.325 e. The Balaban J connectivity index is 2.64. The van der Waals surface area contributed by atoms with Crippen LogP contribution in [0.2, 0.25) is 0 Å². The van der Waals surface area contributed by atoms with E-state index in [0.717, 1.165) is 0 Å². The Morgan fingerprint density at radius 2 is 1.83 bits per heavy atom. The van der Waals surface area contributed by atoms with E-state index in [2.05, 4.69) is 10.6 Å². The zero-order valence-corrected chi connectivity index (χ0v) is 13.7. The minimum absolute atomic E-state index is 0.348. The van der Waals surface area contributed by atoms with Gasteiger partial charge in [-0.05, 0) is 26.7 Å². The van der Waals surface area contributed by atoms with Gasteiger partial charge in [0.1, 0.15) is 24.2 Å². The molecule has 0 spiro atoms. The molecule has 0 aromatic heterocycles. The Hall–Kier alpha value is -2.20. The minimum atomic E-state index is -1.19. The minimum Gasteiger partial charge on any atom is -0.480 e. The number of aliphatic carboxylic acids is 1. The van der Waals surface area contributed by atoms with Crippen LogP contribution in [0.5, 0.6) is 0 Å². The lowest BCUT2D eigenvalue weighted by Gasteiger charge is -2.27. The fourth-order valence-corrected chi connectivity index (χ4v) is 2.37. The van der Waals surface area contributed by atoms with Crippen LogP contribution in [0, 0.1) is 0 Å². The molecule has 1 rings (SSSR count). The number of nitrogens with two attached hydrogens (primary N) is 1. The predicted octanol–water partition coefficient (Wildman–Crippen LogP) is -2.61. The summed E-state index contributed by atoms with van der Waals surface area (Å²) < 4.78 is 0. The number of aliphatic hydroxyl groups is 1. The highest BCUT2D eigenvalue weighted by atomic mass is 16.4. The largest absolute Gasteiger partial charge is 0.480 e. The molecule has 10 heteroatoms. The second-order valence-corrected chi connectivity index (χ2v) is 5.78. The van der Waals surface area contributed by atoms with Crippen molar-refractivity contribution in [3.05, 3.63) is 0 Å². The van der Waals surface area contributed by atoms with Crippen LogP contribution in [0.25, 0.3) is 0 Å². The summed E-state index contributed by atoms with van der Waals surface area (Å²) >= 11 is 0. The molecule has 1 fully saturated rings. The van der Waals surface area contributed by atoms with Crippen molar-refractivity contribution in [2.45, 2.75) is 50.9 Å². The molecule has 24 heavy (non-hydrogen) atoms. The summed E-state index contributed by atoms with van der Waals surface area (Å²) in [6, 6.07) is -3.88. The highest BCUT2D eigenvalue weighted by Crippen LogP contribution is 2.18. The molecule has 0 saturated carbocycles. The number of carbonyl (C=O) groups is 4. The van der Waals surface area contributed by atoms with Gasteiger partial charge in [0, 0.05) is 6.54 Å². The van der Waals surface area contributed by atoms with Crippen molar-refractivity contribution in [2.24, 2.45) is 5.73 Å². The third-order valence-corrected chi connectivity index (χ3v) is 3.83. The standard InChI is InChI=1S/C14H24N4O6/c1-7(11(20)17-8(2)14(23)24)16-12(21)10-4-3-5-18(10)13(22)9(15)6-19/h7-10,19H,3-6,15H2,1-2H3,(H,16,21)(H,17,20)(H,23,24). The molecule has 0 bridgehead atoms. The molecule has 0 radical (unpaired) electrons. The maximum absolute atomic E-state index is 12.3. The molecule has 0 aliphatic carbocycles. The number of hydrogen-bond acceptors (Lipinski definition) is 6. The number of likely N-dealkylation sites (tertiary alicyclic amines) is 1. The van der Waals surface area contributed by atoms with Gasteiger partial charge in [-0.2, -0.15) is 0 Å². The van der Waals surface area contributed by atoms with Crippen LogP contribution in [-0.4, -0.2) is 76.1 Å². The first-order valence-electron chi connectivity index (χ1n) is 7.69. The lowest BCUT2D eigenvalue weighted by atomic mass is 10.1. The maximum atomic E-state index is 12.3. The third-order valence-electron chi connectivity index (χ3n) is 3.83. The molecule has 136 valence electrons. The second kappa shape index (κ2) is 8.60. The first-order chi connectivity index (χ1) is 11.2. The SMILES string of the molecule is CC(NC(=O)C(C)NC(=O)C1CCCN1C(=O)C(N)CO)C(=O)O. The van der Waals surface area contributed by atoms with E-state index in [0.29, 0.717) is 19.4 Å². The van der Waals surface area contributed by atoms with E-state index in [-0.39, 0.29) is 0 Å². The normalized spacial score (nSPS) is 20.8. The van der Waals surface area contributed by atoms with Crippen LogP contribution in [-0.2, 0) is 19.2 Å². The van der Waals surface area contributed by atoms with Gasteiger partial charge >= 0.3 is 5.97 Å². The summed E-state index contributed by atoms with van der Waals surface area (Å²) in [6.07, 6.45) is 1.04. The number of nitrogens with one attached hydrogen (secondary N) is 2. The Morgan fingerprint density at radius 1 is 1.21 bits per heavy atom. The second-order valence-electron chi connectivity index (χ2n) is 5.78. The van der Waals surface area contributed by atoms with Gasteiger partial charge < -0.3 is 31.5 Å². The quantitative estimate of drug-likeness (QED) is 0.338. The monoisotopic (exact) mass is 344 g/mol. The van der Waals surface area contributed by atoms with Crippen LogP contribution in [0.15, 0.2) is 0 Å². The van der Waals surface area contributed by atoms with Crippen molar-refractivity contribution >= 4 is 23.7 Å². The molecule has 10 nitrogen and oxygen atoms in total. The van der Waals surface area contributed by atoms with Gasteiger partial charge in [-0.3, -0.25) is 19.2 Å². The van der Waals surface area contributed by atoms with E-state index in [1.807, 2.05) is 0 Å². The molecule has 1 saturated heterocycles. The fraction of sp³-hybridized carbons (Fsp3) is 0.714. The number of hydrogen-bond donors (Lipinski definition) is 5. The zero-order valence-electron chi connectivity index (χ0n) is 13.7. The van der Waals surface area contributed by atoms with Crippen molar-refractivity contribution in [1.29, 1.82) is 0 Å². The van der Waals surface area contributed by atoms with Gasteiger partial charge in [-0.15, -0.1) is 0 Å². The highest BCUT2D eigenvalue weighted by molar-refractivity contribution is 5.94. The van der Waals surface area contributed by atoms with Crippen molar-refractivity contribution in [2.75, 3.05) is 13.2 Å². The lowest BCUT2D eigenvalue weighted by Crippen LogP contribution is -2.55. The molecule has 4 unspecified atom stereocenters. The molecule has 0 aromatic carbocycles. The average molecular weight is 344 g/mol. The summed E-state index contributed by atoms with van der Waals surface area (Å²) in [5.74, 6) is -2.86. The molecule has 0 aromatic rings. The fourth-order valence-electron chi connectivity index (χ4n) is 2.37. The van der Waals surface area contributed by atoms with Gasteiger partial charge in [-0.25, -0.2) is 0 Å². The van der Waals surface area contributed by atoms with E-state index < -0.39 is 54.5 Å². The Bertz CT molecular complexity index is 511. The molecular weight excluding hydrogens is 320 g/mol. The van der Waals surface area contributed by atoms with E-state index in [1.54, 1.807) is 0 Å². The summed E-state index contributed by atoms with van der Waals surface area (Å²) in [5.41, 5.74) is 5.50. The molecular formula is C14H24N4O6. The van der Waals surface area contributed by atoms with Crippen molar-refractivity contribution in [1.82, 2.24) is 15.5 Å². The zero-order chi connectivity index (χ0) is 18.4. The van der Waals surface area contributed by atoms with Crippen LogP contribution in [0.4, 0.5) is 0 Å². The first kappa shape index (κ1) is 19.8. The van der Waals surface area contributed by atoms with Crippen LogP contribution in [0.3, 0.4) is 0 Å². The Kier molecular flexibility index (Phi) is 7.11. The number of carboxylic acids is 1. The number of carbonyl (C=O) groups excluding carboxylic acids is 3. The Morgan fingerprint density at radius 3 is 2.38 bits per heavy atom. The first-order valence-corrected chi connectivity index (χ1v) is 7.69. The van der Waals surface area contributed by atoms with Gasteiger partial charge in [0.2, 0.25) is 17.7 Å². The number of rotatable bonds is 7. The van der Waals surface area contributed by atoms with E-state index >= 15 is 0 Å². The van der Waals surface area contributed by atoms with Crippen LogP contribution in [0.1, 0.15) is 26.7 Å².